The van der Waals surface area contributed by atoms with Crippen LogP contribution < -0.4 is 10.6 Å². The van der Waals surface area contributed by atoms with Gasteiger partial charge in [0, 0.05) is 21.0 Å². The fourth-order valence-corrected chi connectivity index (χ4v) is 3.46. The molecule has 1 unspecified atom stereocenters. The molecule has 108 valence electrons. The van der Waals surface area contributed by atoms with Gasteiger partial charge in [-0.3, -0.25) is 4.79 Å². The first-order valence-corrected chi connectivity index (χ1v) is 7.77. The minimum atomic E-state index is -0.235. The van der Waals surface area contributed by atoms with E-state index in [1.165, 1.54) is 16.0 Å². The first kappa shape index (κ1) is 14.2. The van der Waals surface area contributed by atoms with Crippen molar-refractivity contribution in [3.05, 3.63) is 53.1 Å². The highest BCUT2D eigenvalue weighted by atomic mass is 32.2. The van der Waals surface area contributed by atoms with Gasteiger partial charge in [-0.05, 0) is 56.3 Å². The SMILES string of the molecule is CNC1C(=O)Nc2cc(Sc3ccc(C)c(C)c3)ccc21. The van der Waals surface area contributed by atoms with Crippen LogP contribution in [0.3, 0.4) is 0 Å². The van der Waals surface area contributed by atoms with E-state index in [1.54, 1.807) is 18.8 Å². The van der Waals surface area contributed by atoms with Gasteiger partial charge in [0.05, 0.1) is 0 Å². The predicted molar refractivity (Wildman–Crippen MR) is 86.9 cm³/mol. The highest BCUT2D eigenvalue weighted by Gasteiger charge is 2.28. The van der Waals surface area contributed by atoms with E-state index in [2.05, 4.69) is 48.7 Å². The minimum absolute atomic E-state index is 0.0147. The van der Waals surface area contributed by atoms with Crippen LogP contribution in [0.1, 0.15) is 22.7 Å². The smallest absolute Gasteiger partial charge is 0.246 e. The zero-order valence-corrected chi connectivity index (χ0v) is 13.2. The summed E-state index contributed by atoms with van der Waals surface area (Å²) in [7, 11) is 1.80. The van der Waals surface area contributed by atoms with E-state index in [-0.39, 0.29) is 11.9 Å². The molecule has 1 amide bonds. The van der Waals surface area contributed by atoms with E-state index in [1.807, 2.05) is 12.1 Å². The number of fused-ring (bicyclic) bond motifs is 1. The third-order valence-corrected chi connectivity index (χ3v) is 4.84. The predicted octanol–water partition coefficient (Wildman–Crippen LogP) is 3.67. The van der Waals surface area contributed by atoms with Crippen LogP contribution >= 0.6 is 11.8 Å². The van der Waals surface area contributed by atoms with Crippen LogP contribution in [0, 0.1) is 13.8 Å². The summed E-state index contributed by atoms with van der Waals surface area (Å²) in [6.45, 7) is 4.24. The molecule has 0 saturated carbocycles. The molecular weight excluding hydrogens is 280 g/mol. The number of benzene rings is 2. The molecule has 0 bridgehead atoms. The lowest BCUT2D eigenvalue weighted by Crippen LogP contribution is -2.23. The van der Waals surface area contributed by atoms with Crippen molar-refractivity contribution in [2.75, 3.05) is 12.4 Å². The number of hydrogen-bond donors (Lipinski definition) is 2. The first-order valence-electron chi connectivity index (χ1n) is 6.95. The van der Waals surface area contributed by atoms with E-state index < -0.39 is 0 Å². The maximum absolute atomic E-state index is 11.8. The van der Waals surface area contributed by atoms with Crippen molar-refractivity contribution in [1.82, 2.24) is 5.32 Å². The van der Waals surface area contributed by atoms with Crippen LogP contribution in [0.4, 0.5) is 5.69 Å². The summed E-state index contributed by atoms with van der Waals surface area (Å²) in [5.74, 6) is 0.0147. The first-order chi connectivity index (χ1) is 10.1. The van der Waals surface area contributed by atoms with Crippen molar-refractivity contribution >= 4 is 23.4 Å². The Balaban J connectivity index is 1.87. The average molecular weight is 298 g/mol. The van der Waals surface area contributed by atoms with Gasteiger partial charge in [0.1, 0.15) is 6.04 Å². The summed E-state index contributed by atoms with van der Waals surface area (Å²) < 4.78 is 0. The second-order valence-corrected chi connectivity index (χ2v) is 6.46. The second kappa shape index (κ2) is 5.54. The Labute approximate surface area is 129 Å². The number of rotatable bonds is 3. The van der Waals surface area contributed by atoms with Crippen molar-refractivity contribution in [3.8, 4) is 0 Å². The van der Waals surface area contributed by atoms with Crippen LogP contribution in [0.5, 0.6) is 0 Å². The van der Waals surface area contributed by atoms with Gasteiger partial charge in [0.2, 0.25) is 5.91 Å². The molecule has 4 heteroatoms. The molecule has 0 radical (unpaired) electrons. The third kappa shape index (κ3) is 2.69. The number of carbonyl (C=O) groups excluding carboxylic acids is 1. The van der Waals surface area contributed by atoms with Crippen LogP contribution in [-0.4, -0.2) is 13.0 Å². The van der Waals surface area contributed by atoms with Gasteiger partial charge in [-0.15, -0.1) is 0 Å². The lowest BCUT2D eigenvalue weighted by atomic mass is 10.1. The molecule has 2 N–H and O–H groups in total. The summed E-state index contributed by atoms with van der Waals surface area (Å²) in [5, 5.41) is 5.96. The largest absolute Gasteiger partial charge is 0.324 e. The molecule has 0 spiro atoms. The molecule has 0 fully saturated rings. The van der Waals surface area contributed by atoms with Crippen LogP contribution in [0.15, 0.2) is 46.2 Å². The topological polar surface area (TPSA) is 41.1 Å². The Morgan fingerprint density at radius 1 is 1.05 bits per heavy atom. The summed E-state index contributed by atoms with van der Waals surface area (Å²) in [6.07, 6.45) is 0. The van der Waals surface area contributed by atoms with Crippen molar-refractivity contribution in [3.63, 3.8) is 0 Å². The molecule has 2 aromatic carbocycles. The number of hydrogen-bond acceptors (Lipinski definition) is 3. The molecule has 1 aliphatic rings. The lowest BCUT2D eigenvalue weighted by Gasteiger charge is -2.08. The van der Waals surface area contributed by atoms with Crippen LogP contribution in [0.2, 0.25) is 0 Å². The van der Waals surface area contributed by atoms with Crippen molar-refractivity contribution in [2.24, 2.45) is 0 Å². The van der Waals surface area contributed by atoms with Gasteiger partial charge >= 0.3 is 0 Å². The molecule has 1 atom stereocenters. The number of anilines is 1. The summed E-state index contributed by atoms with van der Waals surface area (Å²) in [6, 6.07) is 12.4. The lowest BCUT2D eigenvalue weighted by molar-refractivity contribution is -0.117. The van der Waals surface area contributed by atoms with E-state index in [0.29, 0.717) is 0 Å². The molecule has 1 heterocycles. The van der Waals surface area contributed by atoms with E-state index in [4.69, 9.17) is 0 Å². The van der Waals surface area contributed by atoms with Gasteiger partial charge in [-0.2, -0.15) is 0 Å². The Bertz CT molecular complexity index is 712. The summed E-state index contributed by atoms with van der Waals surface area (Å²) in [4.78, 5) is 14.2. The van der Waals surface area contributed by atoms with Crippen molar-refractivity contribution in [1.29, 1.82) is 0 Å². The maximum atomic E-state index is 11.8. The zero-order valence-electron chi connectivity index (χ0n) is 12.4. The molecule has 0 aliphatic carbocycles. The quantitative estimate of drug-likeness (QED) is 0.908. The molecule has 0 saturated heterocycles. The standard InChI is InChI=1S/C17H18N2OS/c1-10-4-5-12(8-11(10)2)21-13-6-7-14-15(9-13)19-17(20)16(14)18-3/h4-9,16,18H,1-3H3,(H,19,20). The van der Waals surface area contributed by atoms with Crippen molar-refractivity contribution < 1.29 is 4.79 Å². The molecule has 2 aromatic rings. The summed E-state index contributed by atoms with van der Waals surface area (Å²) in [5.41, 5.74) is 4.53. The maximum Gasteiger partial charge on any atom is 0.246 e. The Morgan fingerprint density at radius 2 is 1.76 bits per heavy atom. The number of aryl methyl sites for hydroxylation is 2. The van der Waals surface area contributed by atoms with E-state index >= 15 is 0 Å². The number of amides is 1. The van der Waals surface area contributed by atoms with E-state index in [0.717, 1.165) is 16.1 Å². The molecule has 21 heavy (non-hydrogen) atoms. The monoisotopic (exact) mass is 298 g/mol. The molecular formula is C17H18N2OS. The Kier molecular flexibility index (Phi) is 3.74. The fraction of sp³-hybridized carbons (Fsp3) is 0.235. The second-order valence-electron chi connectivity index (χ2n) is 5.31. The third-order valence-electron chi connectivity index (χ3n) is 3.86. The molecule has 0 aromatic heterocycles. The number of nitrogens with one attached hydrogen (secondary N) is 2. The molecule has 3 rings (SSSR count). The molecule has 1 aliphatic heterocycles. The normalized spacial score (nSPS) is 16.7. The average Bonchev–Trinajstić information content (AvgIpc) is 2.77. The van der Waals surface area contributed by atoms with Crippen molar-refractivity contribution in [2.45, 2.75) is 29.7 Å². The highest BCUT2D eigenvalue weighted by Crippen LogP contribution is 2.36. The zero-order chi connectivity index (χ0) is 15.0. The van der Waals surface area contributed by atoms with Gasteiger partial charge in [-0.25, -0.2) is 0 Å². The fourth-order valence-electron chi connectivity index (χ4n) is 2.51. The number of carbonyl (C=O) groups is 1. The Morgan fingerprint density at radius 3 is 2.48 bits per heavy atom. The van der Waals surface area contributed by atoms with Crippen LogP contribution in [-0.2, 0) is 4.79 Å². The minimum Gasteiger partial charge on any atom is -0.324 e. The van der Waals surface area contributed by atoms with Crippen LogP contribution in [0.25, 0.3) is 0 Å². The van der Waals surface area contributed by atoms with Gasteiger partial charge in [-0.1, -0.05) is 23.9 Å². The number of likely N-dealkylation sites (N-methyl/N-ethyl adjacent to an activating group) is 1. The summed E-state index contributed by atoms with van der Waals surface area (Å²) >= 11 is 1.71. The van der Waals surface area contributed by atoms with E-state index in [9.17, 15) is 4.79 Å². The van der Waals surface area contributed by atoms with Gasteiger partial charge < -0.3 is 10.6 Å². The highest BCUT2D eigenvalue weighted by molar-refractivity contribution is 7.99. The van der Waals surface area contributed by atoms with Gasteiger partial charge in [0.25, 0.3) is 0 Å². The van der Waals surface area contributed by atoms with Gasteiger partial charge in [0.15, 0.2) is 0 Å². The molecule has 3 nitrogen and oxygen atoms in total. The Hall–Kier alpha value is -1.78.